The summed E-state index contributed by atoms with van der Waals surface area (Å²) >= 11 is 9.53. The van der Waals surface area contributed by atoms with Crippen molar-refractivity contribution < 1.29 is 4.74 Å². The van der Waals surface area contributed by atoms with Crippen LogP contribution in [0.4, 0.5) is 0 Å². The van der Waals surface area contributed by atoms with Gasteiger partial charge < -0.3 is 9.30 Å². The Morgan fingerprint density at radius 1 is 1.37 bits per heavy atom. The van der Waals surface area contributed by atoms with Crippen LogP contribution in [0, 0.1) is 5.92 Å². The maximum atomic E-state index is 6.04. The van der Waals surface area contributed by atoms with Crippen molar-refractivity contribution in [2.45, 2.75) is 25.3 Å². The molecule has 1 fully saturated rings. The number of imidazole rings is 1. The van der Waals surface area contributed by atoms with E-state index in [1.54, 1.807) is 0 Å². The number of hydrogen-bond acceptors (Lipinski definition) is 2. The van der Waals surface area contributed by atoms with Crippen molar-refractivity contribution in [2.24, 2.45) is 5.92 Å². The minimum absolute atomic E-state index is 0.454. The van der Waals surface area contributed by atoms with Crippen LogP contribution in [0.15, 0.2) is 22.7 Å². The summed E-state index contributed by atoms with van der Waals surface area (Å²) in [5.41, 5.74) is 2.18. The van der Waals surface area contributed by atoms with Crippen LogP contribution in [0.5, 0.6) is 0 Å². The van der Waals surface area contributed by atoms with Crippen molar-refractivity contribution in [1.29, 1.82) is 0 Å². The standard InChI is InChI=1S/C14H16BrClN2O/c15-11-1-2-13-12(7-11)17-14(8-16)18(13)9-10-3-5-19-6-4-10/h1-2,7,10H,3-6,8-9H2. The van der Waals surface area contributed by atoms with Gasteiger partial charge in [0, 0.05) is 24.2 Å². The van der Waals surface area contributed by atoms with Crippen LogP contribution in [0.25, 0.3) is 11.0 Å². The number of alkyl halides is 1. The monoisotopic (exact) mass is 342 g/mol. The third-order valence-electron chi connectivity index (χ3n) is 3.69. The van der Waals surface area contributed by atoms with Crippen LogP contribution in [-0.2, 0) is 17.2 Å². The van der Waals surface area contributed by atoms with E-state index in [0.717, 1.165) is 48.4 Å². The Morgan fingerprint density at radius 2 is 2.16 bits per heavy atom. The van der Waals surface area contributed by atoms with Gasteiger partial charge in [0.05, 0.1) is 16.9 Å². The Bertz CT molecular complexity index is 578. The van der Waals surface area contributed by atoms with Crippen LogP contribution in [-0.4, -0.2) is 22.8 Å². The van der Waals surface area contributed by atoms with Crippen molar-refractivity contribution >= 4 is 38.6 Å². The highest BCUT2D eigenvalue weighted by atomic mass is 79.9. The van der Waals surface area contributed by atoms with Gasteiger partial charge in [0.2, 0.25) is 0 Å². The van der Waals surface area contributed by atoms with Gasteiger partial charge in [0.1, 0.15) is 5.82 Å². The first kappa shape index (κ1) is 13.4. The van der Waals surface area contributed by atoms with E-state index < -0.39 is 0 Å². The third-order valence-corrected chi connectivity index (χ3v) is 4.42. The van der Waals surface area contributed by atoms with Gasteiger partial charge in [-0.05, 0) is 37.0 Å². The molecule has 3 nitrogen and oxygen atoms in total. The van der Waals surface area contributed by atoms with Crippen molar-refractivity contribution in [3.63, 3.8) is 0 Å². The number of aromatic nitrogens is 2. The van der Waals surface area contributed by atoms with Gasteiger partial charge in [0.25, 0.3) is 0 Å². The molecule has 1 aliphatic heterocycles. The summed E-state index contributed by atoms with van der Waals surface area (Å²) < 4.78 is 8.74. The molecular weight excluding hydrogens is 328 g/mol. The van der Waals surface area contributed by atoms with E-state index in [4.69, 9.17) is 16.3 Å². The molecule has 2 aromatic rings. The van der Waals surface area contributed by atoms with Crippen LogP contribution >= 0.6 is 27.5 Å². The van der Waals surface area contributed by atoms with Gasteiger partial charge in [0.15, 0.2) is 0 Å². The number of benzene rings is 1. The molecule has 0 radical (unpaired) electrons. The molecule has 19 heavy (non-hydrogen) atoms. The molecular formula is C14H16BrClN2O. The number of nitrogens with zero attached hydrogens (tertiary/aromatic N) is 2. The van der Waals surface area contributed by atoms with E-state index in [0.29, 0.717) is 11.8 Å². The molecule has 1 aromatic heterocycles. The van der Waals surface area contributed by atoms with Crippen LogP contribution in [0.1, 0.15) is 18.7 Å². The predicted octanol–water partition coefficient (Wildman–Crippen LogP) is 3.96. The van der Waals surface area contributed by atoms with E-state index >= 15 is 0 Å². The summed E-state index contributed by atoms with van der Waals surface area (Å²) in [6.45, 7) is 2.74. The highest BCUT2D eigenvalue weighted by Crippen LogP contribution is 2.25. The number of fused-ring (bicyclic) bond motifs is 1. The molecule has 0 bridgehead atoms. The largest absolute Gasteiger partial charge is 0.381 e. The molecule has 0 atom stereocenters. The Morgan fingerprint density at radius 3 is 2.89 bits per heavy atom. The zero-order valence-corrected chi connectivity index (χ0v) is 13.0. The number of halogens is 2. The number of hydrogen-bond donors (Lipinski definition) is 0. The highest BCUT2D eigenvalue weighted by Gasteiger charge is 2.18. The maximum absolute atomic E-state index is 6.04. The lowest BCUT2D eigenvalue weighted by atomic mass is 10.0. The molecule has 0 N–H and O–H groups in total. The quantitative estimate of drug-likeness (QED) is 0.789. The van der Waals surface area contributed by atoms with Gasteiger partial charge in [-0.1, -0.05) is 15.9 Å². The molecule has 0 aliphatic carbocycles. The smallest absolute Gasteiger partial charge is 0.124 e. The van der Waals surface area contributed by atoms with Gasteiger partial charge >= 0.3 is 0 Å². The maximum Gasteiger partial charge on any atom is 0.124 e. The fraction of sp³-hybridized carbons (Fsp3) is 0.500. The fourth-order valence-electron chi connectivity index (χ4n) is 2.65. The Balaban J connectivity index is 1.95. The molecule has 5 heteroatoms. The summed E-state index contributed by atoms with van der Waals surface area (Å²) in [5, 5.41) is 0. The van der Waals surface area contributed by atoms with Crippen LogP contribution in [0.3, 0.4) is 0 Å². The molecule has 0 amide bonds. The second kappa shape index (κ2) is 5.81. The van der Waals surface area contributed by atoms with Crippen molar-refractivity contribution in [3.8, 4) is 0 Å². The lowest BCUT2D eigenvalue weighted by Gasteiger charge is -2.23. The third kappa shape index (κ3) is 2.81. The minimum atomic E-state index is 0.454. The zero-order chi connectivity index (χ0) is 13.2. The molecule has 0 spiro atoms. The SMILES string of the molecule is ClCc1nc2cc(Br)ccc2n1CC1CCOCC1. The summed E-state index contributed by atoms with van der Waals surface area (Å²) in [6, 6.07) is 6.22. The fourth-order valence-corrected chi connectivity index (χ4v) is 3.20. The lowest BCUT2D eigenvalue weighted by molar-refractivity contribution is 0.0614. The molecule has 3 rings (SSSR count). The first-order valence-electron chi connectivity index (χ1n) is 6.56. The normalized spacial score (nSPS) is 17.2. The molecule has 1 aromatic carbocycles. The van der Waals surface area contributed by atoms with Crippen molar-refractivity contribution in [2.75, 3.05) is 13.2 Å². The average molecular weight is 344 g/mol. The van der Waals surface area contributed by atoms with Gasteiger partial charge in [-0.25, -0.2) is 4.98 Å². The van der Waals surface area contributed by atoms with E-state index in [2.05, 4.69) is 37.6 Å². The van der Waals surface area contributed by atoms with Crippen molar-refractivity contribution in [1.82, 2.24) is 9.55 Å². The summed E-state index contributed by atoms with van der Waals surface area (Å²) in [5.74, 6) is 2.08. The molecule has 102 valence electrons. The number of ether oxygens (including phenoxy) is 1. The first-order valence-corrected chi connectivity index (χ1v) is 7.89. The Kier molecular flexibility index (Phi) is 4.10. The summed E-state index contributed by atoms with van der Waals surface area (Å²) in [4.78, 5) is 4.63. The van der Waals surface area contributed by atoms with Crippen molar-refractivity contribution in [3.05, 3.63) is 28.5 Å². The highest BCUT2D eigenvalue weighted by molar-refractivity contribution is 9.10. The van der Waals surface area contributed by atoms with Gasteiger partial charge in [-0.3, -0.25) is 0 Å². The average Bonchev–Trinajstić information content (AvgIpc) is 2.77. The Hall–Kier alpha value is -0.580. The van der Waals surface area contributed by atoms with Crippen LogP contribution in [0.2, 0.25) is 0 Å². The Labute approximate surface area is 126 Å². The van der Waals surface area contributed by atoms with E-state index in [1.807, 2.05) is 6.07 Å². The second-order valence-electron chi connectivity index (χ2n) is 4.96. The predicted molar refractivity (Wildman–Crippen MR) is 80.5 cm³/mol. The molecule has 1 saturated heterocycles. The van der Waals surface area contributed by atoms with E-state index in [1.165, 1.54) is 5.52 Å². The molecule has 2 heterocycles. The minimum Gasteiger partial charge on any atom is -0.381 e. The zero-order valence-electron chi connectivity index (χ0n) is 10.6. The summed E-state index contributed by atoms with van der Waals surface area (Å²) in [7, 11) is 0. The number of rotatable bonds is 3. The second-order valence-corrected chi connectivity index (χ2v) is 6.14. The molecule has 0 saturated carbocycles. The van der Waals surface area contributed by atoms with Gasteiger partial charge in [-0.2, -0.15) is 0 Å². The molecule has 1 aliphatic rings. The molecule has 0 unspecified atom stereocenters. The summed E-state index contributed by atoms with van der Waals surface area (Å²) in [6.07, 6.45) is 2.25. The van der Waals surface area contributed by atoms with E-state index in [-0.39, 0.29) is 0 Å². The lowest BCUT2D eigenvalue weighted by Crippen LogP contribution is -2.21. The van der Waals surface area contributed by atoms with Crippen LogP contribution < -0.4 is 0 Å². The van der Waals surface area contributed by atoms with Gasteiger partial charge in [-0.15, -0.1) is 11.6 Å². The first-order chi connectivity index (χ1) is 9.28. The van der Waals surface area contributed by atoms with E-state index in [9.17, 15) is 0 Å². The topological polar surface area (TPSA) is 27.1 Å².